The summed E-state index contributed by atoms with van der Waals surface area (Å²) >= 11 is 1.50. The Morgan fingerprint density at radius 2 is 1.89 bits per heavy atom. The van der Waals surface area contributed by atoms with Crippen LogP contribution in [0.4, 0.5) is 10.2 Å². The standard InChI is InChI=1S/C25H26FN5O3S2/c1-15-11-16(2)23-21(12-15)35-25(28-23)31-22(13-17(3)29-31)27-24(32)18-5-4-10-30(14-18)36(33,34)20-8-6-19(26)7-9-20/h6-9,11-13,18H,4-5,10,14H2,1-3H3,(H,27,32). The second-order valence-corrected chi connectivity index (χ2v) is 12.1. The number of thiazole rings is 1. The number of halogens is 1. The van der Waals surface area contributed by atoms with Crippen molar-refractivity contribution in [2.45, 2.75) is 38.5 Å². The molecule has 1 atom stereocenters. The number of hydrogen-bond acceptors (Lipinski definition) is 6. The maximum Gasteiger partial charge on any atom is 0.243 e. The van der Waals surface area contributed by atoms with Crippen LogP contribution in [0.25, 0.3) is 15.3 Å². The number of sulfonamides is 1. The lowest BCUT2D eigenvalue weighted by atomic mass is 9.99. The second kappa shape index (κ2) is 9.38. The minimum atomic E-state index is -3.83. The highest BCUT2D eigenvalue weighted by Crippen LogP contribution is 2.31. The molecule has 0 saturated carbocycles. The van der Waals surface area contributed by atoms with Crippen molar-refractivity contribution in [2.75, 3.05) is 18.4 Å². The second-order valence-electron chi connectivity index (χ2n) is 9.15. The summed E-state index contributed by atoms with van der Waals surface area (Å²) in [5, 5.41) is 8.13. The summed E-state index contributed by atoms with van der Waals surface area (Å²) in [6, 6.07) is 10.7. The largest absolute Gasteiger partial charge is 0.310 e. The SMILES string of the molecule is Cc1cc(C)c2nc(-n3nc(C)cc3NC(=O)C3CCCN(S(=O)(=O)c4ccc(F)cc4)C3)sc2c1. The van der Waals surface area contributed by atoms with Crippen LogP contribution in [0.5, 0.6) is 0 Å². The molecule has 0 spiro atoms. The van der Waals surface area contributed by atoms with Gasteiger partial charge in [0.25, 0.3) is 0 Å². The topological polar surface area (TPSA) is 97.2 Å². The van der Waals surface area contributed by atoms with E-state index < -0.39 is 21.8 Å². The maximum absolute atomic E-state index is 13.3. The molecule has 1 saturated heterocycles. The molecule has 5 rings (SSSR count). The molecule has 1 unspecified atom stereocenters. The van der Waals surface area contributed by atoms with E-state index >= 15 is 0 Å². The van der Waals surface area contributed by atoms with Gasteiger partial charge in [-0.25, -0.2) is 17.8 Å². The van der Waals surface area contributed by atoms with Crippen molar-refractivity contribution in [1.29, 1.82) is 0 Å². The zero-order chi connectivity index (χ0) is 25.6. The molecule has 188 valence electrons. The Morgan fingerprint density at radius 1 is 1.14 bits per heavy atom. The summed E-state index contributed by atoms with van der Waals surface area (Å²) in [6.45, 7) is 6.26. The van der Waals surface area contributed by atoms with Crippen molar-refractivity contribution >= 4 is 43.3 Å². The third kappa shape index (κ3) is 4.65. The van der Waals surface area contributed by atoms with Crippen molar-refractivity contribution in [1.82, 2.24) is 19.1 Å². The van der Waals surface area contributed by atoms with E-state index in [1.54, 1.807) is 10.7 Å². The first kappa shape index (κ1) is 24.5. The van der Waals surface area contributed by atoms with Gasteiger partial charge in [-0.3, -0.25) is 4.79 Å². The van der Waals surface area contributed by atoms with Gasteiger partial charge in [0, 0.05) is 19.2 Å². The number of carbonyl (C=O) groups is 1. The van der Waals surface area contributed by atoms with E-state index in [1.165, 1.54) is 27.8 Å². The Labute approximate surface area is 212 Å². The highest BCUT2D eigenvalue weighted by Gasteiger charge is 2.34. The zero-order valence-corrected chi connectivity index (χ0v) is 21.8. The molecule has 0 bridgehead atoms. The van der Waals surface area contributed by atoms with Crippen LogP contribution in [0.15, 0.2) is 47.4 Å². The molecule has 1 aliphatic rings. The maximum atomic E-state index is 13.3. The van der Waals surface area contributed by atoms with Crippen molar-refractivity contribution in [2.24, 2.45) is 5.92 Å². The van der Waals surface area contributed by atoms with Gasteiger partial charge in [0.2, 0.25) is 21.1 Å². The molecule has 0 aliphatic carbocycles. The Hall–Kier alpha value is -3.15. The van der Waals surface area contributed by atoms with Crippen LogP contribution in [0, 0.1) is 32.5 Å². The van der Waals surface area contributed by atoms with Crippen LogP contribution >= 0.6 is 11.3 Å². The zero-order valence-electron chi connectivity index (χ0n) is 20.2. The van der Waals surface area contributed by atoms with Gasteiger partial charge >= 0.3 is 0 Å². The van der Waals surface area contributed by atoms with Gasteiger partial charge in [0.05, 0.1) is 26.7 Å². The molecule has 1 amide bonds. The molecule has 8 nitrogen and oxygen atoms in total. The molecule has 0 radical (unpaired) electrons. The van der Waals surface area contributed by atoms with Crippen LogP contribution in [-0.2, 0) is 14.8 Å². The van der Waals surface area contributed by atoms with Crippen molar-refractivity contribution in [3.05, 3.63) is 65.1 Å². The normalized spacial score (nSPS) is 16.9. The van der Waals surface area contributed by atoms with Crippen LogP contribution in [0.3, 0.4) is 0 Å². The van der Waals surface area contributed by atoms with Gasteiger partial charge in [0.1, 0.15) is 11.6 Å². The summed E-state index contributed by atoms with van der Waals surface area (Å²) in [5.41, 5.74) is 3.85. The lowest BCUT2D eigenvalue weighted by molar-refractivity contribution is -0.120. The quantitative estimate of drug-likeness (QED) is 0.410. The number of nitrogens with zero attached hydrogens (tertiary/aromatic N) is 4. The van der Waals surface area contributed by atoms with Crippen molar-refractivity contribution in [3.8, 4) is 5.13 Å². The molecule has 4 aromatic rings. The lowest BCUT2D eigenvalue weighted by Gasteiger charge is -2.31. The van der Waals surface area contributed by atoms with E-state index in [4.69, 9.17) is 4.98 Å². The number of hydrogen-bond donors (Lipinski definition) is 1. The number of aromatic nitrogens is 3. The van der Waals surface area contributed by atoms with Gasteiger partial charge in [-0.05, 0) is 75.1 Å². The molecule has 3 heterocycles. The van der Waals surface area contributed by atoms with Gasteiger partial charge in [-0.15, -0.1) is 0 Å². The predicted molar refractivity (Wildman–Crippen MR) is 137 cm³/mol. The van der Waals surface area contributed by atoms with Gasteiger partial charge in [-0.1, -0.05) is 17.4 Å². The Morgan fingerprint density at radius 3 is 2.64 bits per heavy atom. The molecule has 2 aromatic carbocycles. The molecule has 11 heteroatoms. The average Bonchev–Trinajstić information content (AvgIpc) is 3.42. The van der Waals surface area contributed by atoms with Crippen molar-refractivity contribution in [3.63, 3.8) is 0 Å². The van der Waals surface area contributed by atoms with Crippen LogP contribution in [0.2, 0.25) is 0 Å². The summed E-state index contributed by atoms with van der Waals surface area (Å²) in [4.78, 5) is 18.0. The number of piperidine rings is 1. The fraction of sp³-hybridized carbons (Fsp3) is 0.320. The first-order valence-corrected chi connectivity index (χ1v) is 13.9. The minimum absolute atomic E-state index is 0.0139. The number of nitrogens with one attached hydrogen (secondary N) is 1. The smallest absolute Gasteiger partial charge is 0.243 e. The highest BCUT2D eigenvalue weighted by molar-refractivity contribution is 7.89. The monoisotopic (exact) mass is 527 g/mol. The van der Waals surface area contributed by atoms with E-state index in [1.807, 2.05) is 20.8 Å². The summed E-state index contributed by atoms with van der Waals surface area (Å²) in [6.07, 6.45) is 1.11. The fourth-order valence-corrected chi connectivity index (χ4v) is 7.17. The average molecular weight is 528 g/mol. The molecular weight excluding hydrogens is 501 g/mol. The Balaban J connectivity index is 1.37. The van der Waals surface area contributed by atoms with E-state index in [2.05, 4.69) is 22.5 Å². The highest BCUT2D eigenvalue weighted by atomic mass is 32.2. The fourth-order valence-electron chi connectivity index (χ4n) is 4.54. The predicted octanol–water partition coefficient (Wildman–Crippen LogP) is 4.59. The van der Waals surface area contributed by atoms with Crippen molar-refractivity contribution < 1.29 is 17.6 Å². The number of fused-ring (bicyclic) bond motifs is 1. The van der Waals surface area contributed by atoms with Gasteiger partial charge in [0.15, 0.2) is 0 Å². The molecular formula is C25H26FN5O3S2. The lowest BCUT2D eigenvalue weighted by Crippen LogP contribution is -2.43. The summed E-state index contributed by atoms with van der Waals surface area (Å²) < 4.78 is 43.4. The van der Waals surface area contributed by atoms with Gasteiger partial charge in [-0.2, -0.15) is 14.1 Å². The number of carbonyl (C=O) groups excluding carboxylic acids is 1. The van der Waals surface area contributed by atoms with Gasteiger partial charge < -0.3 is 5.32 Å². The molecule has 36 heavy (non-hydrogen) atoms. The molecule has 1 aliphatic heterocycles. The number of benzene rings is 2. The molecule has 1 fully saturated rings. The third-order valence-electron chi connectivity index (χ3n) is 6.29. The summed E-state index contributed by atoms with van der Waals surface area (Å²) in [7, 11) is -3.83. The van der Waals surface area contributed by atoms with Crippen LogP contribution < -0.4 is 5.32 Å². The van der Waals surface area contributed by atoms with E-state index in [-0.39, 0.29) is 17.3 Å². The number of aryl methyl sites for hydroxylation is 3. The van der Waals surface area contributed by atoms with E-state index in [0.29, 0.717) is 30.3 Å². The number of amides is 1. The molecule has 2 aromatic heterocycles. The van der Waals surface area contributed by atoms with Crippen LogP contribution in [-0.4, -0.2) is 46.5 Å². The number of rotatable bonds is 5. The molecule has 1 N–H and O–H groups in total. The Bertz CT molecular complexity index is 1560. The Kier molecular flexibility index (Phi) is 6.39. The third-order valence-corrected chi connectivity index (χ3v) is 9.15. The van der Waals surface area contributed by atoms with E-state index in [9.17, 15) is 17.6 Å². The minimum Gasteiger partial charge on any atom is -0.310 e. The van der Waals surface area contributed by atoms with E-state index in [0.717, 1.165) is 39.2 Å². The number of anilines is 1. The summed E-state index contributed by atoms with van der Waals surface area (Å²) in [5.74, 6) is -0.819. The first-order valence-electron chi connectivity index (χ1n) is 11.6. The first-order chi connectivity index (χ1) is 17.1. The van der Waals surface area contributed by atoms with Crippen LogP contribution in [0.1, 0.15) is 29.7 Å².